The highest BCUT2D eigenvalue weighted by molar-refractivity contribution is 5.98. The van der Waals surface area contributed by atoms with Gasteiger partial charge in [0.05, 0.1) is 18.1 Å². The molecular formula is C27H42N2O6. The van der Waals surface area contributed by atoms with E-state index in [4.69, 9.17) is 9.47 Å². The predicted octanol–water partition coefficient (Wildman–Crippen LogP) is 2.70. The average Bonchev–Trinajstić information content (AvgIpc) is 3.31. The number of ether oxygens (including phenoxy) is 2. The number of amides is 2. The van der Waals surface area contributed by atoms with E-state index in [1.54, 1.807) is 22.0 Å². The number of hydrogen-bond acceptors (Lipinski definition) is 6. The molecule has 3 fully saturated rings. The van der Waals surface area contributed by atoms with Crippen LogP contribution in [0.4, 0.5) is 0 Å². The van der Waals surface area contributed by atoms with Crippen molar-refractivity contribution in [1.29, 1.82) is 0 Å². The Balaban J connectivity index is 2.03. The van der Waals surface area contributed by atoms with E-state index >= 15 is 0 Å². The summed E-state index contributed by atoms with van der Waals surface area (Å²) >= 11 is 0. The molecule has 3 saturated heterocycles. The summed E-state index contributed by atoms with van der Waals surface area (Å²) in [5.41, 5.74) is -1.95. The Bertz CT molecular complexity index is 844. The monoisotopic (exact) mass is 490 g/mol. The van der Waals surface area contributed by atoms with E-state index in [9.17, 15) is 19.5 Å². The Hall–Kier alpha value is -2.19. The summed E-state index contributed by atoms with van der Waals surface area (Å²) in [4.78, 5) is 44.8. The van der Waals surface area contributed by atoms with Gasteiger partial charge in [-0.15, -0.1) is 13.2 Å². The Morgan fingerprint density at radius 2 is 2.00 bits per heavy atom. The quantitative estimate of drug-likeness (QED) is 0.242. The first-order chi connectivity index (χ1) is 16.6. The van der Waals surface area contributed by atoms with Crippen molar-refractivity contribution < 1.29 is 29.0 Å². The van der Waals surface area contributed by atoms with Crippen LogP contribution in [0.15, 0.2) is 25.3 Å². The number of unbranched alkanes of at least 4 members (excludes halogenated alkanes) is 2. The second kappa shape index (κ2) is 10.8. The summed E-state index contributed by atoms with van der Waals surface area (Å²) in [6, 6.07) is -0.903. The molecule has 2 amide bonds. The second-order valence-electron chi connectivity index (χ2n) is 10.6. The van der Waals surface area contributed by atoms with Gasteiger partial charge >= 0.3 is 5.97 Å². The standard InChI is InChI=1S/C27H42N2O6/c1-7-9-16-34-25(33)21-20-23(31)29(14-11-10-12-15-30)22(24(32)28(13-8-2)18(3)4)27(20)17-19(5)26(21,6)35-27/h7-8,18-22,30H,1-2,9-17H2,3-6H3/t19?,20-,21-,22?,26+,27?/m0/s1. The van der Waals surface area contributed by atoms with Gasteiger partial charge in [0.2, 0.25) is 11.8 Å². The highest BCUT2D eigenvalue weighted by atomic mass is 16.6. The summed E-state index contributed by atoms with van der Waals surface area (Å²) in [6.45, 7) is 16.3. The Kier molecular flexibility index (Phi) is 8.48. The molecule has 8 nitrogen and oxygen atoms in total. The van der Waals surface area contributed by atoms with Crippen molar-refractivity contribution >= 4 is 17.8 Å². The molecule has 3 unspecified atom stereocenters. The number of rotatable bonds is 13. The molecule has 0 aromatic rings. The first-order valence-electron chi connectivity index (χ1n) is 12.9. The molecule has 0 radical (unpaired) electrons. The number of esters is 1. The molecule has 1 spiro atoms. The van der Waals surface area contributed by atoms with E-state index in [1.807, 2.05) is 27.7 Å². The van der Waals surface area contributed by atoms with Gasteiger partial charge in [-0.1, -0.05) is 19.1 Å². The third-order valence-electron chi connectivity index (χ3n) is 8.16. The summed E-state index contributed by atoms with van der Waals surface area (Å²) in [5, 5.41) is 9.17. The molecular weight excluding hydrogens is 448 g/mol. The number of carbonyl (C=O) groups is 3. The average molecular weight is 491 g/mol. The molecule has 0 aromatic heterocycles. The maximum Gasteiger partial charge on any atom is 0.312 e. The molecule has 35 heavy (non-hydrogen) atoms. The van der Waals surface area contributed by atoms with Crippen molar-refractivity contribution in [2.45, 2.75) is 83.1 Å². The maximum atomic E-state index is 14.1. The lowest BCUT2D eigenvalue weighted by Crippen LogP contribution is -2.57. The number of fused-ring (bicyclic) bond motifs is 1. The van der Waals surface area contributed by atoms with Gasteiger partial charge in [-0.3, -0.25) is 14.4 Å². The zero-order chi connectivity index (χ0) is 26.0. The largest absolute Gasteiger partial charge is 0.465 e. The van der Waals surface area contributed by atoms with E-state index in [2.05, 4.69) is 13.2 Å². The van der Waals surface area contributed by atoms with Crippen LogP contribution in [0, 0.1) is 17.8 Å². The molecule has 3 aliphatic rings. The molecule has 0 saturated carbocycles. The molecule has 196 valence electrons. The van der Waals surface area contributed by atoms with Crippen molar-refractivity contribution in [3.63, 3.8) is 0 Å². The van der Waals surface area contributed by atoms with Crippen molar-refractivity contribution in [1.82, 2.24) is 9.80 Å². The fourth-order valence-electron chi connectivity index (χ4n) is 6.37. The minimum atomic E-state index is -1.07. The van der Waals surface area contributed by atoms with Crippen molar-refractivity contribution in [3.8, 4) is 0 Å². The van der Waals surface area contributed by atoms with E-state index in [0.29, 0.717) is 38.8 Å². The number of aliphatic hydroxyl groups is 1. The lowest BCUT2D eigenvalue weighted by molar-refractivity contribution is -0.162. The van der Waals surface area contributed by atoms with Gasteiger partial charge in [0, 0.05) is 25.7 Å². The van der Waals surface area contributed by atoms with Crippen molar-refractivity contribution in [2.75, 3.05) is 26.3 Å². The van der Waals surface area contributed by atoms with E-state index in [0.717, 1.165) is 6.42 Å². The van der Waals surface area contributed by atoms with E-state index in [-0.39, 0.29) is 37.0 Å². The Labute approximate surface area is 209 Å². The fraction of sp³-hybridized carbons (Fsp3) is 0.741. The minimum absolute atomic E-state index is 0.0277. The van der Waals surface area contributed by atoms with Gasteiger partial charge in [-0.05, 0) is 58.8 Å². The van der Waals surface area contributed by atoms with Gasteiger partial charge in [0.1, 0.15) is 17.6 Å². The van der Waals surface area contributed by atoms with E-state index in [1.165, 1.54) is 0 Å². The second-order valence-corrected chi connectivity index (χ2v) is 10.6. The lowest BCUT2D eigenvalue weighted by Gasteiger charge is -2.38. The van der Waals surface area contributed by atoms with Crippen molar-refractivity contribution in [3.05, 3.63) is 25.3 Å². The van der Waals surface area contributed by atoms with Crippen LogP contribution >= 0.6 is 0 Å². The minimum Gasteiger partial charge on any atom is -0.465 e. The van der Waals surface area contributed by atoms with Crippen LogP contribution in [-0.4, -0.2) is 82.3 Å². The van der Waals surface area contributed by atoms with Crippen LogP contribution in [0.1, 0.15) is 59.8 Å². The molecule has 0 aromatic carbocycles. The highest BCUT2D eigenvalue weighted by Gasteiger charge is 2.80. The highest BCUT2D eigenvalue weighted by Crippen LogP contribution is 2.65. The molecule has 6 atom stereocenters. The molecule has 8 heteroatoms. The van der Waals surface area contributed by atoms with Gasteiger partial charge in [-0.2, -0.15) is 0 Å². The molecule has 3 rings (SSSR count). The molecule has 3 aliphatic heterocycles. The molecule has 2 bridgehead atoms. The number of hydrogen-bond donors (Lipinski definition) is 1. The number of nitrogens with zero attached hydrogens (tertiary/aromatic N) is 2. The van der Waals surface area contributed by atoms with Crippen LogP contribution in [0.25, 0.3) is 0 Å². The molecule has 0 aliphatic carbocycles. The van der Waals surface area contributed by atoms with E-state index < -0.39 is 35.0 Å². The predicted molar refractivity (Wildman–Crippen MR) is 132 cm³/mol. The number of likely N-dealkylation sites (tertiary alicyclic amines) is 1. The lowest BCUT2D eigenvalue weighted by atomic mass is 9.62. The number of aliphatic hydroxyl groups excluding tert-OH is 1. The zero-order valence-corrected chi connectivity index (χ0v) is 21.7. The van der Waals surface area contributed by atoms with Crippen LogP contribution in [-0.2, 0) is 23.9 Å². The normalized spacial score (nSPS) is 33.2. The third-order valence-corrected chi connectivity index (χ3v) is 8.16. The van der Waals surface area contributed by atoms with Crippen LogP contribution in [0.2, 0.25) is 0 Å². The first kappa shape index (κ1) is 27.4. The SMILES string of the molecule is C=CCCOC(=O)[C@@H]1[C@H]2C(=O)N(CCCCCO)C(C(=O)N(CC=C)C(C)C)C23CC(C)[C@@]1(C)O3. The van der Waals surface area contributed by atoms with Crippen LogP contribution in [0.3, 0.4) is 0 Å². The topological polar surface area (TPSA) is 96.4 Å². The summed E-state index contributed by atoms with van der Waals surface area (Å²) in [6.07, 6.45) is 6.45. The first-order valence-corrected chi connectivity index (χ1v) is 12.9. The summed E-state index contributed by atoms with van der Waals surface area (Å²) in [7, 11) is 0. The zero-order valence-electron chi connectivity index (χ0n) is 21.7. The Morgan fingerprint density at radius 1 is 1.29 bits per heavy atom. The van der Waals surface area contributed by atoms with Crippen LogP contribution < -0.4 is 0 Å². The third kappa shape index (κ3) is 4.55. The molecule has 1 N–H and O–H groups in total. The van der Waals surface area contributed by atoms with Crippen molar-refractivity contribution in [2.24, 2.45) is 17.8 Å². The van der Waals surface area contributed by atoms with Gasteiger partial charge in [0.25, 0.3) is 0 Å². The van der Waals surface area contributed by atoms with Gasteiger partial charge in [0.15, 0.2) is 0 Å². The fourth-order valence-corrected chi connectivity index (χ4v) is 6.37. The van der Waals surface area contributed by atoms with Gasteiger partial charge in [-0.25, -0.2) is 0 Å². The van der Waals surface area contributed by atoms with Crippen LogP contribution in [0.5, 0.6) is 0 Å². The number of carbonyl (C=O) groups excluding carboxylic acids is 3. The Morgan fingerprint density at radius 3 is 2.60 bits per heavy atom. The van der Waals surface area contributed by atoms with Gasteiger partial charge < -0.3 is 24.4 Å². The smallest absolute Gasteiger partial charge is 0.312 e. The summed E-state index contributed by atoms with van der Waals surface area (Å²) < 4.78 is 12.3. The summed E-state index contributed by atoms with van der Waals surface area (Å²) in [5.74, 6) is -2.38. The molecule has 3 heterocycles. The maximum absolute atomic E-state index is 14.1.